The van der Waals surface area contributed by atoms with Crippen LogP contribution in [0.1, 0.15) is 10.4 Å². The fourth-order valence-electron chi connectivity index (χ4n) is 2.21. The summed E-state index contributed by atoms with van der Waals surface area (Å²) in [6.07, 6.45) is 0. The minimum atomic E-state index is -0.466. The lowest BCUT2D eigenvalue weighted by molar-refractivity contribution is -0.384. The minimum Gasteiger partial charge on any atom is -0.308 e. The molecule has 0 atom stereocenters. The molecule has 1 heterocycles. The predicted molar refractivity (Wildman–Crippen MR) is 117 cm³/mol. The van der Waals surface area contributed by atoms with E-state index in [1.165, 1.54) is 23.5 Å². The number of thiocarbonyl (C=S) groups is 1. The van der Waals surface area contributed by atoms with Crippen molar-refractivity contribution >= 4 is 72.9 Å². The van der Waals surface area contributed by atoms with E-state index in [2.05, 4.69) is 31.5 Å². The van der Waals surface area contributed by atoms with E-state index < -0.39 is 10.8 Å². The highest BCUT2D eigenvalue weighted by Crippen LogP contribution is 2.27. The van der Waals surface area contributed by atoms with E-state index in [0.29, 0.717) is 25.9 Å². The summed E-state index contributed by atoms with van der Waals surface area (Å²) in [4.78, 5) is 27.1. The molecule has 0 unspecified atom stereocenters. The summed E-state index contributed by atoms with van der Waals surface area (Å²) < 4.78 is 0.711. The monoisotopic (exact) mass is 496 g/mol. The number of thiazole rings is 1. The van der Waals surface area contributed by atoms with Crippen LogP contribution in [0.3, 0.4) is 0 Å². The molecule has 7 nitrogen and oxygen atoms in total. The largest absolute Gasteiger partial charge is 0.308 e. The number of nitro groups is 1. The number of nitrogens with one attached hydrogen (secondary N) is 2. The second-order valence-electron chi connectivity index (χ2n) is 5.38. The fraction of sp³-hybridized carbons (Fsp3) is 0. The molecule has 3 aromatic rings. The van der Waals surface area contributed by atoms with Crippen molar-refractivity contribution in [1.29, 1.82) is 0 Å². The van der Waals surface area contributed by atoms with Crippen molar-refractivity contribution < 1.29 is 9.72 Å². The molecular weight excluding hydrogens is 488 g/mol. The number of amides is 1. The third kappa shape index (κ3) is 4.90. The molecule has 0 radical (unpaired) electrons. The molecule has 11 heteroatoms. The zero-order valence-electron chi connectivity index (χ0n) is 13.8. The maximum Gasteiger partial charge on any atom is 0.270 e. The maximum absolute atomic E-state index is 12.3. The number of nitro benzene ring substituents is 1. The molecular formula is C17H10BrClN4O3S2. The lowest BCUT2D eigenvalue weighted by atomic mass is 10.1. The van der Waals surface area contributed by atoms with E-state index >= 15 is 0 Å². The zero-order chi connectivity index (χ0) is 20.3. The molecule has 0 spiro atoms. The molecule has 1 amide bonds. The molecule has 142 valence electrons. The van der Waals surface area contributed by atoms with Crippen LogP contribution in [0.4, 0.5) is 10.8 Å². The summed E-state index contributed by atoms with van der Waals surface area (Å²) in [5.41, 5.74) is 1.42. The van der Waals surface area contributed by atoms with E-state index in [0.717, 1.165) is 0 Å². The number of nitrogens with zero attached hydrogens (tertiary/aromatic N) is 2. The van der Waals surface area contributed by atoms with Gasteiger partial charge in [0.15, 0.2) is 10.2 Å². The third-order valence-corrected chi connectivity index (χ3v) is 5.26. The number of carbonyl (C=O) groups is 1. The molecule has 0 saturated carbocycles. The predicted octanol–water partition coefficient (Wildman–Crippen LogP) is 5.26. The average molecular weight is 498 g/mol. The highest BCUT2D eigenvalue weighted by Gasteiger charge is 2.14. The van der Waals surface area contributed by atoms with E-state index in [1.807, 2.05) is 0 Å². The Morgan fingerprint density at radius 2 is 2.07 bits per heavy atom. The van der Waals surface area contributed by atoms with Crippen molar-refractivity contribution in [3.63, 3.8) is 0 Å². The van der Waals surface area contributed by atoms with Crippen LogP contribution in [-0.4, -0.2) is 20.9 Å². The van der Waals surface area contributed by atoms with Gasteiger partial charge in [-0.15, -0.1) is 11.3 Å². The van der Waals surface area contributed by atoms with Crippen LogP contribution < -0.4 is 10.6 Å². The number of aromatic nitrogens is 1. The molecule has 3 rings (SSSR count). The standard InChI is InChI=1S/C17H10BrClN4O3S2/c18-10-4-5-13(19)12(7-10)15(24)21-16(27)22-17-20-14(8-28-17)9-2-1-3-11(6-9)23(25)26/h1-8H,(H2,20,21,22,24,27). The summed E-state index contributed by atoms with van der Waals surface area (Å²) >= 11 is 15.7. The Morgan fingerprint density at radius 3 is 2.82 bits per heavy atom. The van der Waals surface area contributed by atoms with Gasteiger partial charge in [-0.3, -0.25) is 20.2 Å². The molecule has 2 N–H and O–H groups in total. The van der Waals surface area contributed by atoms with Gasteiger partial charge in [0.05, 0.1) is 21.2 Å². The summed E-state index contributed by atoms with van der Waals surface area (Å²) in [5.74, 6) is -0.459. The molecule has 1 aromatic heterocycles. The minimum absolute atomic E-state index is 0.0197. The van der Waals surface area contributed by atoms with Crippen molar-refractivity contribution in [2.45, 2.75) is 0 Å². The lowest BCUT2D eigenvalue weighted by Crippen LogP contribution is -2.34. The van der Waals surface area contributed by atoms with Gasteiger partial charge in [0, 0.05) is 27.5 Å². The van der Waals surface area contributed by atoms with Crippen LogP contribution in [-0.2, 0) is 0 Å². The maximum atomic E-state index is 12.3. The van der Waals surface area contributed by atoms with Gasteiger partial charge in [-0.25, -0.2) is 4.98 Å². The van der Waals surface area contributed by atoms with Crippen LogP contribution in [0.5, 0.6) is 0 Å². The topological polar surface area (TPSA) is 97.2 Å². The van der Waals surface area contributed by atoms with Crippen molar-refractivity contribution in [1.82, 2.24) is 10.3 Å². The Bertz CT molecular complexity index is 1090. The normalized spacial score (nSPS) is 10.4. The smallest absolute Gasteiger partial charge is 0.270 e. The number of non-ortho nitro benzene ring substituents is 1. The molecule has 2 aromatic carbocycles. The summed E-state index contributed by atoms with van der Waals surface area (Å²) in [5, 5.41) is 18.8. The van der Waals surface area contributed by atoms with Crippen molar-refractivity contribution in [3.8, 4) is 11.3 Å². The number of hydrogen-bond donors (Lipinski definition) is 2. The summed E-state index contributed by atoms with van der Waals surface area (Å²) in [6.45, 7) is 0. The Labute approximate surface area is 182 Å². The van der Waals surface area contributed by atoms with E-state index in [9.17, 15) is 14.9 Å². The number of hydrogen-bond acceptors (Lipinski definition) is 6. The molecule has 0 saturated heterocycles. The second-order valence-corrected chi connectivity index (χ2v) is 7.97. The zero-order valence-corrected chi connectivity index (χ0v) is 17.8. The van der Waals surface area contributed by atoms with Gasteiger partial charge >= 0.3 is 0 Å². The number of halogens is 2. The summed E-state index contributed by atoms with van der Waals surface area (Å²) in [6, 6.07) is 11.1. The Morgan fingerprint density at radius 1 is 1.29 bits per heavy atom. The SMILES string of the molecule is O=C(NC(=S)Nc1nc(-c2cccc([N+](=O)[O-])c2)cs1)c1cc(Br)ccc1Cl. The first-order chi connectivity index (χ1) is 13.3. The van der Waals surface area contributed by atoms with Gasteiger partial charge in [0.25, 0.3) is 11.6 Å². The lowest BCUT2D eigenvalue weighted by Gasteiger charge is -2.08. The Balaban J connectivity index is 1.69. The first-order valence-corrected chi connectivity index (χ1v) is 10.1. The molecule has 0 aliphatic rings. The van der Waals surface area contributed by atoms with Gasteiger partial charge in [-0.1, -0.05) is 39.7 Å². The van der Waals surface area contributed by atoms with Crippen LogP contribution in [0.15, 0.2) is 52.3 Å². The first-order valence-electron chi connectivity index (χ1n) is 7.61. The molecule has 0 aliphatic heterocycles. The molecule has 0 fully saturated rings. The van der Waals surface area contributed by atoms with Gasteiger partial charge in [0.2, 0.25) is 0 Å². The van der Waals surface area contributed by atoms with E-state index in [-0.39, 0.29) is 16.4 Å². The third-order valence-electron chi connectivity index (χ3n) is 3.48. The quantitative estimate of drug-likeness (QED) is 0.290. The summed E-state index contributed by atoms with van der Waals surface area (Å²) in [7, 11) is 0. The number of benzene rings is 2. The first kappa shape index (κ1) is 20.3. The van der Waals surface area contributed by atoms with Crippen LogP contribution in [0, 0.1) is 10.1 Å². The molecule has 0 aliphatic carbocycles. The van der Waals surface area contributed by atoms with Gasteiger partial charge in [0.1, 0.15) is 0 Å². The molecule has 28 heavy (non-hydrogen) atoms. The van der Waals surface area contributed by atoms with E-state index in [4.69, 9.17) is 23.8 Å². The van der Waals surface area contributed by atoms with Crippen molar-refractivity contribution in [2.75, 3.05) is 5.32 Å². The highest BCUT2D eigenvalue weighted by molar-refractivity contribution is 9.10. The molecule has 0 bridgehead atoms. The highest BCUT2D eigenvalue weighted by atomic mass is 79.9. The van der Waals surface area contributed by atoms with Crippen LogP contribution in [0.25, 0.3) is 11.3 Å². The Kier molecular flexibility index (Phi) is 6.35. The van der Waals surface area contributed by atoms with Crippen LogP contribution >= 0.6 is 51.1 Å². The average Bonchev–Trinajstić information content (AvgIpc) is 3.12. The van der Waals surface area contributed by atoms with Crippen LogP contribution in [0.2, 0.25) is 5.02 Å². The second kappa shape index (κ2) is 8.74. The number of rotatable bonds is 4. The Hall–Kier alpha value is -2.40. The van der Waals surface area contributed by atoms with Gasteiger partial charge < -0.3 is 5.32 Å². The van der Waals surface area contributed by atoms with E-state index in [1.54, 1.807) is 35.7 Å². The number of anilines is 1. The van der Waals surface area contributed by atoms with Gasteiger partial charge in [-0.2, -0.15) is 0 Å². The van der Waals surface area contributed by atoms with Gasteiger partial charge in [-0.05, 0) is 30.4 Å². The van der Waals surface area contributed by atoms with Crippen molar-refractivity contribution in [2.24, 2.45) is 0 Å². The fourth-order valence-corrected chi connectivity index (χ4v) is 3.76. The van der Waals surface area contributed by atoms with Crippen molar-refractivity contribution in [3.05, 3.63) is 73.0 Å². The number of carbonyl (C=O) groups excluding carboxylic acids is 1.